The van der Waals surface area contributed by atoms with Crippen molar-refractivity contribution < 1.29 is 29.7 Å². The van der Waals surface area contributed by atoms with E-state index in [0.717, 1.165) is 18.5 Å². The number of hydrogen-bond donors (Lipinski definition) is 4. The van der Waals surface area contributed by atoms with E-state index in [-0.39, 0.29) is 31.9 Å². The summed E-state index contributed by atoms with van der Waals surface area (Å²) in [6.07, 6.45) is 6.36. The summed E-state index contributed by atoms with van der Waals surface area (Å²) in [6.45, 7) is 0.216. The summed E-state index contributed by atoms with van der Waals surface area (Å²) in [6, 6.07) is 0. The first-order chi connectivity index (χ1) is 12.5. The highest BCUT2D eigenvalue weighted by molar-refractivity contribution is 5.95. The number of aromatic nitrogens is 2. The van der Waals surface area contributed by atoms with Crippen LogP contribution in [0.25, 0.3) is 0 Å². The quantitative estimate of drug-likeness (QED) is 0.583. The number of nitrogens with one attached hydrogen (secondary N) is 1. The van der Waals surface area contributed by atoms with Crippen molar-refractivity contribution >= 4 is 18.3 Å². The summed E-state index contributed by atoms with van der Waals surface area (Å²) < 4.78 is 0. The van der Waals surface area contributed by atoms with Gasteiger partial charge in [-0.3, -0.25) is 19.5 Å². The van der Waals surface area contributed by atoms with Crippen LogP contribution in [-0.4, -0.2) is 68.0 Å². The number of likely N-dealkylation sites (tertiary alicyclic amines) is 1. The van der Waals surface area contributed by atoms with E-state index in [1.807, 2.05) is 0 Å². The molecule has 0 bridgehead atoms. The van der Waals surface area contributed by atoms with Gasteiger partial charge in [0.25, 0.3) is 12.4 Å². The number of carbonyl (C=O) groups is 3. The van der Waals surface area contributed by atoms with Gasteiger partial charge in [0.1, 0.15) is 0 Å². The molecule has 0 aromatic carbocycles. The summed E-state index contributed by atoms with van der Waals surface area (Å²) in [4.78, 5) is 33.5. The Balaban J connectivity index is 0.000000758. The molecule has 1 saturated carbocycles. The fourth-order valence-electron chi connectivity index (χ4n) is 3.78. The lowest BCUT2D eigenvalue weighted by Crippen LogP contribution is -2.30. The number of nitrogens with zero attached hydrogens (tertiary/aromatic N) is 2. The second-order valence-electron chi connectivity index (χ2n) is 6.77. The molecule has 1 saturated heterocycles. The minimum atomic E-state index is -0.949. The predicted octanol–water partition coefficient (Wildman–Crippen LogP) is 1.07. The molecule has 4 N–H and O–H groups in total. The molecule has 2 fully saturated rings. The van der Waals surface area contributed by atoms with E-state index >= 15 is 0 Å². The van der Waals surface area contributed by atoms with Gasteiger partial charge in [-0.1, -0.05) is 19.3 Å². The predicted molar refractivity (Wildman–Crippen MR) is 90.8 cm³/mol. The van der Waals surface area contributed by atoms with Gasteiger partial charge in [0, 0.05) is 24.9 Å². The monoisotopic (exact) mass is 367 g/mol. The van der Waals surface area contributed by atoms with Gasteiger partial charge in [-0.25, -0.2) is 0 Å². The summed E-state index contributed by atoms with van der Waals surface area (Å²) in [5.41, 5.74) is 1.46. The Kier molecular flexibility index (Phi) is 7.14. The topological polar surface area (TPSA) is 144 Å². The van der Waals surface area contributed by atoms with Crippen LogP contribution in [0.5, 0.6) is 0 Å². The highest BCUT2D eigenvalue weighted by Crippen LogP contribution is 2.34. The number of aliphatic carboxylic acids is 1. The van der Waals surface area contributed by atoms with Gasteiger partial charge in [0.2, 0.25) is 0 Å². The number of β-amino-alcohol motifs (C(OH)–C–C–N with tert-alkyl or cyclic N) is 1. The van der Waals surface area contributed by atoms with E-state index in [9.17, 15) is 14.7 Å². The number of carboxylic acid groups (broad SMARTS) is 2. The number of carboxylic acids is 1. The molecule has 9 nitrogen and oxygen atoms in total. The van der Waals surface area contributed by atoms with Crippen LogP contribution in [0.3, 0.4) is 0 Å². The van der Waals surface area contributed by atoms with Crippen LogP contribution in [0.15, 0.2) is 6.20 Å². The van der Waals surface area contributed by atoms with E-state index < -0.39 is 18.0 Å². The highest BCUT2D eigenvalue weighted by atomic mass is 16.4. The SMILES string of the molecule is O=C(O)C[C@@H]1CN(C(=O)c2cn[nH]c2C2CCCCC2)C[C@H]1O.O=CO. The maximum Gasteiger partial charge on any atom is 0.303 e. The summed E-state index contributed by atoms with van der Waals surface area (Å²) in [5.74, 6) is -1.17. The third-order valence-corrected chi connectivity index (χ3v) is 5.04. The third-order valence-electron chi connectivity index (χ3n) is 5.04. The normalized spacial score (nSPS) is 23.2. The van der Waals surface area contributed by atoms with E-state index in [1.165, 1.54) is 19.3 Å². The second kappa shape index (κ2) is 9.33. The van der Waals surface area contributed by atoms with Crippen LogP contribution in [0.4, 0.5) is 0 Å². The van der Waals surface area contributed by atoms with Gasteiger partial charge in [-0.15, -0.1) is 0 Å². The molecule has 144 valence electrons. The fraction of sp³-hybridized carbons (Fsp3) is 0.647. The first kappa shape index (κ1) is 19.9. The van der Waals surface area contributed by atoms with Crippen molar-refractivity contribution in [2.24, 2.45) is 5.92 Å². The smallest absolute Gasteiger partial charge is 0.303 e. The van der Waals surface area contributed by atoms with Crippen LogP contribution in [0.2, 0.25) is 0 Å². The average Bonchev–Trinajstić information content (AvgIpc) is 3.23. The maximum absolute atomic E-state index is 12.8. The zero-order chi connectivity index (χ0) is 19.1. The molecule has 26 heavy (non-hydrogen) atoms. The minimum absolute atomic E-state index is 0.119. The lowest BCUT2D eigenvalue weighted by atomic mass is 9.85. The standard InChI is InChI=1S/C16H23N3O4.CH2O2/c20-13-9-19(8-11(13)6-14(21)22)16(23)12-7-17-18-15(12)10-4-2-1-3-5-10;2-1-3/h7,10-11,13,20H,1-6,8-9H2,(H,17,18)(H,21,22);1H,(H,2,3)/t11-,13-;/m1./s1. The second-order valence-corrected chi connectivity index (χ2v) is 6.77. The molecule has 1 aromatic heterocycles. The molecule has 1 aliphatic heterocycles. The number of carbonyl (C=O) groups excluding carboxylic acids is 1. The summed E-state index contributed by atoms with van der Waals surface area (Å²) in [7, 11) is 0. The molecule has 1 aromatic rings. The van der Waals surface area contributed by atoms with Crippen LogP contribution in [-0.2, 0) is 9.59 Å². The molecule has 0 unspecified atom stereocenters. The molecular weight excluding hydrogens is 342 g/mol. The maximum atomic E-state index is 12.8. The van der Waals surface area contributed by atoms with E-state index in [1.54, 1.807) is 11.1 Å². The molecular formula is C17H25N3O6. The van der Waals surface area contributed by atoms with Crippen molar-refractivity contribution in [1.82, 2.24) is 15.1 Å². The van der Waals surface area contributed by atoms with Crippen LogP contribution < -0.4 is 0 Å². The Morgan fingerprint density at radius 2 is 1.92 bits per heavy atom. The van der Waals surface area contributed by atoms with Gasteiger partial charge in [-0.05, 0) is 12.8 Å². The summed E-state index contributed by atoms with van der Waals surface area (Å²) >= 11 is 0. The lowest BCUT2D eigenvalue weighted by molar-refractivity contribution is -0.138. The molecule has 2 atom stereocenters. The average molecular weight is 367 g/mol. The van der Waals surface area contributed by atoms with Gasteiger partial charge >= 0.3 is 5.97 Å². The fourth-order valence-corrected chi connectivity index (χ4v) is 3.78. The Hall–Kier alpha value is -2.42. The molecule has 0 radical (unpaired) electrons. The zero-order valence-corrected chi connectivity index (χ0v) is 14.5. The van der Waals surface area contributed by atoms with Gasteiger partial charge in [0.15, 0.2) is 0 Å². The molecule has 1 aliphatic carbocycles. The zero-order valence-electron chi connectivity index (χ0n) is 14.5. The molecule has 1 amide bonds. The number of hydrogen-bond acceptors (Lipinski definition) is 5. The van der Waals surface area contributed by atoms with E-state index in [2.05, 4.69) is 10.2 Å². The van der Waals surface area contributed by atoms with Crippen molar-refractivity contribution in [3.05, 3.63) is 17.5 Å². The Morgan fingerprint density at radius 1 is 1.27 bits per heavy atom. The van der Waals surface area contributed by atoms with Gasteiger partial charge < -0.3 is 20.2 Å². The van der Waals surface area contributed by atoms with Crippen LogP contribution in [0.1, 0.15) is 60.5 Å². The molecule has 0 spiro atoms. The van der Waals surface area contributed by atoms with Crippen molar-refractivity contribution in [2.75, 3.05) is 13.1 Å². The van der Waals surface area contributed by atoms with E-state index in [4.69, 9.17) is 15.0 Å². The van der Waals surface area contributed by atoms with Gasteiger partial charge in [-0.2, -0.15) is 5.10 Å². The number of aliphatic hydroxyl groups is 1. The molecule has 2 heterocycles. The number of aromatic amines is 1. The third kappa shape index (κ3) is 4.81. The number of aliphatic hydroxyl groups excluding tert-OH is 1. The number of rotatable bonds is 4. The Bertz CT molecular complexity index is 626. The first-order valence-corrected chi connectivity index (χ1v) is 8.78. The Labute approximate surface area is 151 Å². The number of amides is 1. The van der Waals surface area contributed by atoms with E-state index in [0.29, 0.717) is 11.5 Å². The first-order valence-electron chi connectivity index (χ1n) is 8.78. The molecule has 3 rings (SSSR count). The van der Waals surface area contributed by atoms with Crippen LogP contribution >= 0.6 is 0 Å². The van der Waals surface area contributed by atoms with Crippen LogP contribution in [0, 0.1) is 5.92 Å². The Morgan fingerprint density at radius 3 is 2.54 bits per heavy atom. The summed E-state index contributed by atoms with van der Waals surface area (Å²) in [5, 5.41) is 32.8. The van der Waals surface area contributed by atoms with Crippen molar-refractivity contribution in [1.29, 1.82) is 0 Å². The molecule has 2 aliphatic rings. The highest BCUT2D eigenvalue weighted by Gasteiger charge is 2.37. The van der Waals surface area contributed by atoms with Crippen molar-refractivity contribution in [3.8, 4) is 0 Å². The van der Waals surface area contributed by atoms with Gasteiger partial charge in [0.05, 0.1) is 30.0 Å². The number of H-pyrrole nitrogens is 1. The van der Waals surface area contributed by atoms with Crippen molar-refractivity contribution in [2.45, 2.75) is 50.5 Å². The van der Waals surface area contributed by atoms with Crippen molar-refractivity contribution in [3.63, 3.8) is 0 Å². The lowest BCUT2D eigenvalue weighted by Gasteiger charge is -2.22. The minimum Gasteiger partial charge on any atom is -0.483 e. The molecule has 9 heteroatoms. The largest absolute Gasteiger partial charge is 0.483 e.